The van der Waals surface area contributed by atoms with Gasteiger partial charge in [-0.05, 0) is 128 Å². The molecule has 1 amide bonds. The van der Waals surface area contributed by atoms with Crippen molar-refractivity contribution in [3.05, 3.63) is 136 Å². The predicted octanol–water partition coefficient (Wildman–Crippen LogP) is 9.70. The van der Waals surface area contributed by atoms with Crippen LogP contribution in [0.1, 0.15) is 79.3 Å². The Morgan fingerprint density at radius 1 is 0.848 bits per heavy atom. The first-order chi connectivity index (χ1) is 22.1. The molecule has 1 heterocycles. The largest absolute Gasteiger partial charge is 0.489 e. The van der Waals surface area contributed by atoms with Crippen LogP contribution in [0.4, 0.5) is 18.0 Å². The Bertz CT molecular complexity index is 1730. The molecule has 0 aromatic heterocycles. The van der Waals surface area contributed by atoms with Crippen molar-refractivity contribution in [1.29, 1.82) is 0 Å². The monoisotopic (exact) mass is 625 g/mol. The molecule has 2 aliphatic rings. The van der Waals surface area contributed by atoms with Gasteiger partial charge < -0.3 is 14.4 Å². The number of carbonyl (C=O) groups excluding carboxylic acids is 1. The normalized spacial score (nSPS) is 15.5. The van der Waals surface area contributed by atoms with Crippen LogP contribution < -0.4 is 4.74 Å². The average Bonchev–Trinajstić information content (AvgIpc) is 3.03. The van der Waals surface area contributed by atoms with Crippen LogP contribution in [0.15, 0.2) is 84.9 Å². The molecule has 1 saturated heterocycles. The number of hydrogen-bond donors (Lipinski definition) is 0. The fourth-order valence-electron chi connectivity index (χ4n) is 6.41. The predicted molar refractivity (Wildman–Crippen MR) is 174 cm³/mol. The van der Waals surface area contributed by atoms with Gasteiger partial charge in [0.1, 0.15) is 35.4 Å². The molecular formula is C39H38F3NO3. The molecule has 7 heteroatoms. The van der Waals surface area contributed by atoms with E-state index in [4.69, 9.17) is 9.47 Å². The number of aryl methyl sites for hydroxylation is 1. The third kappa shape index (κ3) is 6.99. The van der Waals surface area contributed by atoms with Crippen LogP contribution in [-0.4, -0.2) is 29.7 Å². The van der Waals surface area contributed by atoms with Gasteiger partial charge in [0.2, 0.25) is 0 Å². The quantitative estimate of drug-likeness (QED) is 0.214. The van der Waals surface area contributed by atoms with Crippen LogP contribution >= 0.6 is 0 Å². The van der Waals surface area contributed by atoms with Gasteiger partial charge in [0.05, 0.1) is 5.56 Å². The Morgan fingerprint density at radius 2 is 1.52 bits per heavy atom. The number of ether oxygens (including phenoxy) is 2. The molecule has 0 N–H and O–H groups in total. The number of piperidine rings is 1. The maximum Gasteiger partial charge on any atom is 0.410 e. The zero-order chi connectivity index (χ0) is 32.4. The third-order valence-electron chi connectivity index (χ3n) is 8.67. The molecule has 46 heavy (non-hydrogen) atoms. The van der Waals surface area contributed by atoms with Gasteiger partial charge >= 0.3 is 6.09 Å². The van der Waals surface area contributed by atoms with E-state index in [0.717, 1.165) is 27.8 Å². The highest BCUT2D eigenvalue weighted by molar-refractivity contribution is 6.01. The number of rotatable bonds is 6. The Morgan fingerprint density at radius 3 is 2.17 bits per heavy atom. The van der Waals surface area contributed by atoms with E-state index < -0.39 is 17.2 Å². The summed E-state index contributed by atoms with van der Waals surface area (Å²) < 4.78 is 57.9. The van der Waals surface area contributed by atoms with E-state index in [9.17, 15) is 9.18 Å². The zero-order valence-electron chi connectivity index (χ0n) is 26.4. The van der Waals surface area contributed by atoms with Crippen LogP contribution in [-0.2, 0) is 17.8 Å². The summed E-state index contributed by atoms with van der Waals surface area (Å²) in [4.78, 5) is 14.2. The minimum absolute atomic E-state index is 0.0897. The molecule has 0 radical (unpaired) electrons. The maximum atomic E-state index is 16.2. The average molecular weight is 626 g/mol. The number of allylic oxidation sites excluding steroid dienone is 1. The topological polar surface area (TPSA) is 38.8 Å². The van der Waals surface area contributed by atoms with Crippen molar-refractivity contribution in [2.45, 2.75) is 64.6 Å². The summed E-state index contributed by atoms with van der Waals surface area (Å²) in [6.45, 7) is 6.78. The van der Waals surface area contributed by atoms with Gasteiger partial charge in [-0.25, -0.2) is 18.0 Å². The molecule has 0 atom stereocenters. The first-order valence-electron chi connectivity index (χ1n) is 15.8. The lowest BCUT2D eigenvalue weighted by atomic mass is 9.78. The second-order valence-electron chi connectivity index (χ2n) is 13.1. The fraction of sp³-hybridized carbons (Fsp3) is 0.308. The van der Waals surface area contributed by atoms with Crippen LogP contribution in [0.3, 0.4) is 0 Å². The standard InChI is InChI=1S/C39H38F3NO3/c1-39(2,3)46-38(44)43-19-17-26(18-20-43)29-22-34(41)37(35(42)23-29)36-32(27-9-12-30(40)13-10-27)15-11-28-21-31(14-16-33(28)36)45-24-25-7-5-4-6-8-25/h4-10,12-14,16,21-23,26H,11,15,17-20,24H2,1-3H3. The van der Waals surface area contributed by atoms with Crippen LogP contribution in [0.25, 0.3) is 11.1 Å². The molecule has 1 aliphatic carbocycles. The second kappa shape index (κ2) is 13.1. The van der Waals surface area contributed by atoms with E-state index in [-0.39, 0.29) is 23.4 Å². The molecule has 4 aromatic rings. The summed E-state index contributed by atoms with van der Waals surface area (Å²) in [7, 11) is 0. The number of amides is 1. The second-order valence-corrected chi connectivity index (χ2v) is 13.1. The first-order valence-corrected chi connectivity index (χ1v) is 15.8. The molecule has 0 spiro atoms. The molecule has 238 valence electrons. The summed E-state index contributed by atoms with van der Waals surface area (Å²) in [5.41, 5.74) is 4.57. The van der Waals surface area contributed by atoms with E-state index in [1.165, 1.54) is 24.3 Å². The highest BCUT2D eigenvalue weighted by atomic mass is 19.1. The molecule has 4 aromatic carbocycles. The Labute approximate surface area is 268 Å². The summed E-state index contributed by atoms with van der Waals surface area (Å²) in [6, 6.07) is 24.4. The SMILES string of the molecule is CC(C)(C)OC(=O)N1CCC(c2cc(F)c(C3=C(c4ccc(F)cc4)CCc4cc(OCc5ccccc5)ccc43)c(F)c2)CC1. The van der Waals surface area contributed by atoms with E-state index in [1.54, 1.807) is 17.0 Å². The number of benzene rings is 4. The van der Waals surface area contributed by atoms with Gasteiger partial charge in [0, 0.05) is 13.1 Å². The van der Waals surface area contributed by atoms with Crippen molar-refractivity contribution < 1.29 is 27.4 Å². The minimum Gasteiger partial charge on any atom is -0.489 e. The number of fused-ring (bicyclic) bond motifs is 1. The Balaban J connectivity index is 1.32. The van der Waals surface area contributed by atoms with Crippen molar-refractivity contribution in [2.75, 3.05) is 13.1 Å². The minimum atomic E-state index is -0.642. The van der Waals surface area contributed by atoms with Crippen molar-refractivity contribution in [3.8, 4) is 5.75 Å². The zero-order valence-corrected chi connectivity index (χ0v) is 26.4. The van der Waals surface area contributed by atoms with Crippen molar-refractivity contribution in [3.63, 3.8) is 0 Å². The summed E-state index contributed by atoms with van der Waals surface area (Å²) in [5.74, 6) is -1.07. The third-order valence-corrected chi connectivity index (χ3v) is 8.67. The molecule has 1 aliphatic heterocycles. The lowest BCUT2D eigenvalue weighted by molar-refractivity contribution is 0.0204. The van der Waals surface area contributed by atoms with E-state index in [2.05, 4.69) is 0 Å². The van der Waals surface area contributed by atoms with Gasteiger partial charge in [-0.2, -0.15) is 0 Å². The number of carbonyl (C=O) groups is 1. The van der Waals surface area contributed by atoms with Crippen LogP contribution in [0.2, 0.25) is 0 Å². The van der Waals surface area contributed by atoms with Crippen LogP contribution in [0, 0.1) is 17.5 Å². The lowest BCUT2D eigenvalue weighted by Gasteiger charge is -2.33. The molecule has 1 fully saturated rings. The number of likely N-dealkylation sites (tertiary alicyclic amines) is 1. The van der Waals surface area contributed by atoms with Crippen molar-refractivity contribution in [2.24, 2.45) is 0 Å². The van der Waals surface area contributed by atoms with Gasteiger partial charge in [-0.15, -0.1) is 0 Å². The lowest BCUT2D eigenvalue weighted by Crippen LogP contribution is -2.41. The first kappa shape index (κ1) is 31.5. The molecule has 6 rings (SSSR count). The number of hydrogen-bond acceptors (Lipinski definition) is 3. The number of halogens is 3. The number of nitrogens with zero attached hydrogens (tertiary/aromatic N) is 1. The summed E-state index contributed by atoms with van der Waals surface area (Å²) >= 11 is 0. The molecule has 0 saturated carbocycles. The summed E-state index contributed by atoms with van der Waals surface area (Å²) in [6.07, 6.45) is 1.96. The molecule has 0 unspecified atom stereocenters. The highest BCUT2D eigenvalue weighted by Crippen LogP contribution is 2.44. The highest BCUT2D eigenvalue weighted by Gasteiger charge is 2.31. The Kier molecular flexibility index (Phi) is 8.94. The maximum absolute atomic E-state index is 16.2. The van der Waals surface area contributed by atoms with Gasteiger partial charge in [0.15, 0.2) is 0 Å². The van der Waals surface area contributed by atoms with Crippen molar-refractivity contribution >= 4 is 17.2 Å². The van der Waals surface area contributed by atoms with Crippen LogP contribution in [0.5, 0.6) is 5.75 Å². The summed E-state index contributed by atoms with van der Waals surface area (Å²) in [5, 5.41) is 0. The smallest absolute Gasteiger partial charge is 0.410 e. The molecule has 0 bridgehead atoms. The van der Waals surface area contributed by atoms with Gasteiger partial charge in [-0.3, -0.25) is 0 Å². The van der Waals surface area contributed by atoms with E-state index >= 15 is 8.78 Å². The van der Waals surface area contributed by atoms with Gasteiger partial charge in [-0.1, -0.05) is 48.5 Å². The van der Waals surface area contributed by atoms with Crippen molar-refractivity contribution in [1.82, 2.24) is 4.90 Å². The molecular weight excluding hydrogens is 587 g/mol. The molecule has 4 nitrogen and oxygen atoms in total. The van der Waals surface area contributed by atoms with E-state index in [0.29, 0.717) is 62.3 Å². The van der Waals surface area contributed by atoms with Gasteiger partial charge in [0.25, 0.3) is 0 Å². The fourth-order valence-corrected chi connectivity index (χ4v) is 6.41. The Hall–Kier alpha value is -4.52. The van der Waals surface area contributed by atoms with E-state index in [1.807, 2.05) is 69.3 Å².